The summed E-state index contributed by atoms with van der Waals surface area (Å²) >= 11 is 3.32. The van der Waals surface area contributed by atoms with Crippen molar-refractivity contribution in [3.05, 3.63) is 16.9 Å². The van der Waals surface area contributed by atoms with Gasteiger partial charge in [-0.25, -0.2) is 14.8 Å². The minimum atomic E-state index is -0.869. The van der Waals surface area contributed by atoms with Crippen LogP contribution in [0.15, 0.2) is 16.9 Å². The van der Waals surface area contributed by atoms with Crippen molar-refractivity contribution >= 4 is 28.0 Å². The van der Waals surface area contributed by atoms with Gasteiger partial charge in [-0.2, -0.15) is 0 Å². The van der Waals surface area contributed by atoms with Crippen molar-refractivity contribution in [2.24, 2.45) is 0 Å². The van der Waals surface area contributed by atoms with Crippen molar-refractivity contribution in [1.29, 1.82) is 0 Å². The Balaban J connectivity index is 2.16. The van der Waals surface area contributed by atoms with Crippen molar-refractivity contribution in [2.75, 3.05) is 18.0 Å². The van der Waals surface area contributed by atoms with E-state index < -0.39 is 11.6 Å². The van der Waals surface area contributed by atoms with E-state index in [0.717, 1.165) is 23.9 Å². The molecule has 1 aromatic heterocycles. The minimum absolute atomic E-state index is 0.0384. The molecule has 1 aromatic rings. The summed E-state index contributed by atoms with van der Waals surface area (Å²) in [6, 6.07) is -0.0384. The summed E-state index contributed by atoms with van der Waals surface area (Å²) in [4.78, 5) is 23.8. The second-order valence-corrected chi connectivity index (χ2v) is 7.18. The number of anilines is 1. The molecule has 0 spiro atoms. The van der Waals surface area contributed by atoms with Gasteiger partial charge >= 0.3 is 6.09 Å². The fourth-order valence-corrected chi connectivity index (χ4v) is 3.01. The Hall–Kier alpha value is -1.37. The highest BCUT2D eigenvalue weighted by Gasteiger charge is 2.36. The number of halogens is 1. The maximum atomic E-state index is 11.6. The first kappa shape index (κ1) is 16.0. The van der Waals surface area contributed by atoms with E-state index in [1.165, 1.54) is 0 Å². The number of carboxylic acid groups (broad SMARTS) is 1. The SMILES string of the molecule is CC(C)(C)N(C(=O)O)C1CCCN(c2ncc(Br)cn2)C1. The lowest BCUT2D eigenvalue weighted by Gasteiger charge is -2.44. The molecule has 0 bridgehead atoms. The van der Waals surface area contributed by atoms with Gasteiger partial charge in [0.1, 0.15) is 0 Å². The normalized spacial score (nSPS) is 19.4. The molecule has 7 heteroatoms. The maximum absolute atomic E-state index is 11.6. The maximum Gasteiger partial charge on any atom is 0.408 e. The number of carbonyl (C=O) groups is 1. The highest BCUT2D eigenvalue weighted by atomic mass is 79.9. The van der Waals surface area contributed by atoms with Gasteiger partial charge in [0.25, 0.3) is 0 Å². The number of hydrogen-bond acceptors (Lipinski definition) is 4. The molecule has 2 rings (SSSR count). The Morgan fingerprint density at radius 1 is 1.43 bits per heavy atom. The van der Waals surface area contributed by atoms with Crippen LogP contribution in [0.4, 0.5) is 10.7 Å². The standard InChI is InChI=1S/C14H21BrN4O2/c1-14(2,3)19(13(20)21)11-5-4-6-18(9-11)12-16-7-10(15)8-17-12/h7-8,11H,4-6,9H2,1-3H3,(H,20,21). The Morgan fingerprint density at radius 3 is 2.57 bits per heavy atom. The van der Waals surface area contributed by atoms with Crippen molar-refractivity contribution < 1.29 is 9.90 Å². The van der Waals surface area contributed by atoms with Crippen molar-refractivity contribution in [2.45, 2.75) is 45.2 Å². The zero-order valence-electron chi connectivity index (χ0n) is 12.6. The van der Waals surface area contributed by atoms with E-state index in [0.29, 0.717) is 12.5 Å². The third kappa shape index (κ3) is 3.84. The predicted octanol–water partition coefficient (Wildman–Crippen LogP) is 2.99. The van der Waals surface area contributed by atoms with Gasteiger partial charge in [0, 0.05) is 31.0 Å². The molecule has 2 heterocycles. The summed E-state index contributed by atoms with van der Waals surface area (Å²) in [6.45, 7) is 7.27. The van der Waals surface area contributed by atoms with Crippen LogP contribution >= 0.6 is 15.9 Å². The number of rotatable bonds is 2. The first-order chi connectivity index (χ1) is 9.79. The molecule has 0 aliphatic carbocycles. The van der Waals surface area contributed by atoms with Crippen LogP contribution in [0.1, 0.15) is 33.6 Å². The molecule has 1 unspecified atom stereocenters. The minimum Gasteiger partial charge on any atom is -0.465 e. The zero-order valence-corrected chi connectivity index (χ0v) is 14.2. The summed E-state index contributed by atoms with van der Waals surface area (Å²) < 4.78 is 0.835. The number of amides is 1. The van der Waals surface area contributed by atoms with Gasteiger partial charge in [-0.1, -0.05) is 0 Å². The molecule has 0 aromatic carbocycles. The molecule has 1 atom stereocenters. The van der Waals surface area contributed by atoms with Crippen LogP contribution in [0.2, 0.25) is 0 Å². The lowest BCUT2D eigenvalue weighted by molar-refractivity contribution is 0.0646. The fraction of sp³-hybridized carbons (Fsp3) is 0.643. The van der Waals surface area contributed by atoms with Crippen LogP contribution in [-0.4, -0.2) is 50.7 Å². The Morgan fingerprint density at radius 2 is 2.05 bits per heavy atom. The van der Waals surface area contributed by atoms with Crippen molar-refractivity contribution in [3.63, 3.8) is 0 Å². The van der Waals surface area contributed by atoms with Crippen LogP contribution in [0.5, 0.6) is 0 Å². The van der Waals surface area contributed by atoms with Gasteiger partial charge in [0.2, 0.25) is 5.95 Å². The van der Waals surface area contributed by atoms with E-state index in [9.17, 15) is 9.90 Å². The van der Waals surface area contributed by atoms with Crippen LogP contribution in [0.3, 0.4) is 0 Å². The van der Waals surface area contributed by atoms with Gasteiger partial charge in [0.15, 0.2) is 0 Å². The Kier molecular flexibility index (Phi) is 4.70. The van der Waals surface area contributed by atoms with E-state index in [1.54, 1.807) is 17.3 Å². The monoisotopic (exact) mass is 356 g/mol. The summed E-state index contributed by atoms with van der Waals surface area (Å²) in [7, 11) is 0. The second-order valence-electron chi connectivity index (χ2n) is 6.27. The molecule has 0 radical (unpaired) electrons. The quantitative estimate of drug-likeness (QED) is 0.881. The Labute approximate surface area is 133 Å². The van der Waals surface area contributed by atoms with E-state index in [-0.39, 0.29) is 6.04 Å². The zero-order chi connectivity index (χ0) is 15.6. The third-order valence-electron chi connectivity index (χ3n) is 3.58. The number of piperidine rings is 1. The van der Waals surface area contributed by atoms with Gasteiger partial charge in [0.05, 0.1) is 10.5 Å². The van der Waals surface area contributed by atoms with E-state index >= 15 is 0 Å². The summed E-state index contributed by atoms with van der Waals surface area (Å²) in [5, 5.41) is 9.52. The molecule has 21 heavy (non-hydrogen) atoms. The number of hydrogen-bond donors (Lipinski definition) is 1. The average Bonchev–Trinajstić information content (AvgIpc) is 2.37. The smallest absolute Gasteiger partial charge is 0.408 e. The number of aromatic nitrogens is 2. The van der Waals surface area contributed by atoms with Crippen molar-refractivity contribution in [1.82, 2.24) is 14.9 Å². The third-order valence-corrected chi connectivity index (χ3v) is 3.99. The van der Waals surface area contributed by atoms with Crippen LogP contribution in [-0.2, 0) is 0 Å². The van der Waals surface area contributed by atoms with E-state index in [2.05, 4.69) is 30.8 Å². The van der Waals surface area contributed by atoms with Crippen LogP contribution in [0.25, 0.3) is 0 Å². The van der Waals surface area contributed by atoms with Gasteiger partial charge in [-0.3, -0.25) is 4.90 Å². The molecule has 6 nitrogen and oxygen atoms in total. The highest BCUT2D eigenvalue weighted by Crippen LogP contribution is 2.25. The molecule has 1 aliphatic rings. The summed E-state index contributed by atoms with van der Waals surface area (Å²) in [6.07, 6.45) is 4.36. The highest BCUT2D eigenvalue weighted by molar-refractivity contribution is 9.10. The Bertz CT molecular complexity index is 501. The lowest BCUT2D eigenvalue weighted by Crippen LogP contribution is -2.57. The molecular formula is C14H21BrN4O2. The van der Waals surface area contributed by atoms with E-state index in [1.807, 2.05) is 20.8 Å². The van der Waals surface area contributed by atoms with Crippen molar-refractivity contribution in [3.8, 4) is 0 Å². The average molecular weight is 357 g/mol. The first-order valence-electron chi connectivity index (χ1n) is 7.04. The molecule has 1 N–H and O–H groups in total. The first-order valence-corrected chi connectivity index (χ1v) is 7.83. The largest absolute Gasteiger partial charge is 0.465 e. The van der Waals surface area contributed by atoms with Gasteiger partial charge in [-0.15, -0.1) is 0 Å². The summed E-state index contributed by atoms with van der Waals surface area (Å²) in [5.74, 6) is 0.655. The fourth-order valence-electron chi connectivity index (χ4n) is 2.81. The predicted molar refractivity (Wildman–Crippen MR) is 84.6 cm³/mol. The topological polar surface area (TPSA) is 69.6 Å². The second kappa shape index (κ2) is 6.17. The van der Waals surface area contributed by atoms with Gasteiger partial charge < -0.3 is 10.0 Å². The molecule has 116 valence electrons. The molecular weight excluding hydrogens is 336 g/mol. The van der Waals surface area contributed by atoms with E-state index in [4.69, 9.17) is 0 Å². The molecule has 1 fully saturated rings. The number of nitrogens with zero attached hydrogens (tertiary/aromatic N) is 4. The molecule has 1 amide bonds. The van der Waals surface area contributed by atoms with Crippen LogP contribution < -0.4 is 4.90 Å². The van der Waals surface area contributed by atoms with Crippen LogP contribution in [0, 0.1) is 0 Å². The molecule has 0 saturated carbocycles. The molecule has 1 saturated heterocycles. The van der Waals surface area contributed by atoms with Gasteiger partial charge in [-0.05, 0) is 49.5 Å². The molecule has 1 aliphatic heterocycles. The lowest BCUT2D eigenvalue weighted by atomic mass is 9.98. The summed E-state index contributed by atoms with van der Waals surface area (Å²) in [5.41, 5.74) is -0.417.